The van der Waals surface area contributed by atoms with Gasteiger partial charge in [-0.05, 0) is 73.1 Å². The smallest absolute Gasteiger partial charge is 0.418 e. The van der Waals surface area contributed by atoms with Crippen LogP contribution in [0.15, 0.2) is 47.4 Å². The maximum Gasteiger partial charge on any atom is 0.418 e. The highest BCUT2D eigenvalue weighted by molar-refractivity contribution is 5.77. The Bertz CT molecular complexity index is 1490. The molecule has 0 bridgehead atoms. The Morgan fingerprint density at radius 3 is 2.35 bits per heavy atom. The van der Waals surface area contributed by atoms with Crippen LogP contribution in [-0.4, -0.2) is 37.8 Å². The number of hydrogen-bond donors (Lipinski definition) is 1. The largest absolute Gasteiger partial charge is 0.497 e. The number of carbonyl (C=O) groups is 1. The molecule has 7 nitrogen and oxygen atoms in total. The molecular weight excluding hydrogens is 523 g/mol. The zero-order chi connectivity index (χ0) is 28.8. The minimum Gasteiger partial charge on any atom is -0.497 e. The van der Waals surface area contributed by atoms with Crippen LogP contribution in [0.25, 0.3) is 16.8 Å². The van der Waals surface area contributed by atoms with Crippen LogP contribution in [0.3, 0.4) is 0 Å². The van der Waals surface area contributed by atoms with Gasteiger partial charge in [0.05, 0.1) is 25.5 Å². The van der Waals surface area contributed by atoms with Gasteiger partial charge < -0.3 is 20.1 Å². The lowest BCUT2D eigenvalue weighted by Crippen LogP contribution is -2.30. The number of primary amides is 1. The summed E-state index contributed by atoms with van der Waals surface area (Å²) < 4.78 is 54.9. The van der Waals surface area contributed by atoms with E-state index in [9.17, 15) is 22.8 Å². The van der Waals surface area contributed by atoms with Crippen molar-refractivity contribution in [2.75, 3.05) is 32.2 Å². The minimum atomic E-state index is -4.68. The third kappa shape index (κ3) is 5.02. The Labute approximate surface area is 230 Å². The van der Waals surface area contributed by atoms with Gasteiger partial charge in [0.15, 0.2) is 0 Å². The topological polar surface area (TPSA) is 86.8 Å². The fraction of sp³-hybridized carbons (Fsp3) is 0.400. The molecule has 2 heterocycles. The van der Waals surface area contributed by atoms with Gasteiger partial charge in [-0.15, -0.1) is 0 Å². The zero-order valence-corrected chi connectivity index (χ0v) is 22.7. The summed E-state index contributed by atoms with van der Waals surface area (Å²) in [5.74, 6) is 0.323. The maximum absolute atomic E-state index is 14.3. The molecule has 40 heavy (non-hydrogen) atoms. The zero-order valence-electron chi connectivity index (χ0n) is 22.7. The number of aromatic nitrogens is 1. The fourth-order valence-corrected chi connectivity index (χ4v) is 5.90. The molecule has 2 unspecified atom stereocenters. The third-order valence-electron chi connectivity index (χ3n) is 8.23. The van der Waals surface area contributed by atoms with Crippen LogP contribution in [0.4, 0.5) is 18.9 Å². The van der Waals surface area contributed by atoms with Gasteiger partial charge in [0.1, 0.15) is 11.5 Å². The molecule has 0 spiro atoms. The monoisotopic (exact) mass is 555 g/mol. The number of amides is 1. The lowest BCUT2D eigenvalue weighted by Gasteiger charge is -2.24. The summed E-state index contributed by atoms with van der Waals surface area (Å²) in [6, 6.07) is 9.18. The van der Waals surface area contributed by atoms with E-state index in [1.54, 1.807) is 25.1 Å². The van der Waals surface area contributed by atoms with Gasteiger partial charge in [0.25, 0.3) is 5.56 Å². The Morgan fingerprint density at radius 2 is 1.73 bits per heavy atom. The van der Waals surface area contributed by atoms with Gasteiger partial charge >= 0.3 is 6.18 Å². The van der Waals surface area contributed by atoms with Crippen molar-refractivity contribution in [1.82, 2.24) is 4.57 Å². The molecule has 1 amide bonds. The average molecular weight is 556 g/mol. The summed E-state index contributed by atoms with van der Waals surface area (Å²) in [6.07, 6.45) is -0.595. The Hall–Kier alpha value is -3.95. The number of hydrogen-bond acceptors (Lipinski definition) is 5. The van der Waals surface area contributed by atoms with E-state index in [-0.39, 0.29) is 17.5 Å². The molecular formula is C30H32F3N3O4. The quantitative estimate of drug-likeness (QED) is 0.445. The van der Waals surface area contributed by atoms with Crippen molar-refractivity contribution in [3.63, 3.8) is 0 Å². The fourth-order valence-electron chi connectivity index (χ4n) is 5.90. The molecule has 10 heteroatoms. The van der Waals surface area contributed by atoms with Crippen molar-refractivity contribution in [3.8, 4) is 28.3 Å². The highest BCUT2D eigenvalue weighted by Crippen LogP contribution is 2.40. The molecule has 1 aromatic heterocycles. The van der Waals surface area contributed by atoms with Gasteiger partial charge in [-0.1, -0.05) is 6.92 Å². The average Bonchev–Trinajstić information content (AvgIpc) is 3.62. The molecule has 212 valence electrons. The molecule has 2 aliphatic rings. The molecule has 0 saturated carbocycles. The summed E-state index contributed by atoms with van der Waals surface area (Å²) in [5.41, 5.74) is 7.19. The molecule has 3 aromatic rings. The van der Waals surface area contributed by atoms with Crippen LogP contribution in [0.2, 0.25) is 0 Å². The number of methoxy groups -OCH3 is 2. The van der Waals surface area contributed by atoms with Crippen molar-refractivity contribution in [1.29, 1.82) is 0 Å². The normalized spacial score (nSPS) is 17.6. The van der Waals surface area contributed by atoms with E-state index < -0.39 is 23.2 Å². The standard InChI is InChI=1S/C30H32F3N3O4/c1-17(28(34)37)18-9-10-35(15-18)20-7-8-26(30(31,32)33)27(13-20)36-16-25(23-5-4-6-24(23)29(36)38)19-11-21(39-2)14-22(12-19)40-3/h7-8,11-14,16-18H,4-6,9-10,15H2,1-3H3,(H2,34,37). The number of nitrogens with zero attached hydrogens (tertiary/aromatic N) is 2. The summed E-state index contributed by atoms with van der Waals surface area (Å²) in [7, 11) is 3.05. The first-order chi connectivity index (χ1) is 19.0. The highest BCUT2D eigenvalue weighted by Gasteiger charge is 2.36. The number of benzene rings is 2. The number of rotatable bonds is 7. The van der Waals surface area contributed by atoms with Crippen molar-refractivity contribution in [3.05, 3.63) is 69.6 Å². The van der Waals surface area contributed by atoms with Crippen LogP contribution in [-0.2, 0) is 23.8 Å². The molecule has 2 N–H and O–H groups in total. The molecule has 1 saturated heterocycles. The van der Waals surface area contributed by atoms with Gasteiger partial charge in [-0.2, -0.15) is 13.2 Å². The second-order valence-electron chi connectivity index (χ2n) is 10.5. The number of anilines is 1. The summed E-state index contributed by atoms with van der Waals surface area (Å²) >= 11 is 0. The van der Waals surface area contributed by atoms with Crippen LogP contribution in [0, 0.1) is 11.8 Å². The van der Waals surface area contributed by atoms with Crippen molar-refractivity contribution in [2.45, 2.75) is 38.8 Å². The van der Waals surface area contributed by atoms with E-state index in [1.807, 2.05) is 4.90 Å². The van der Waals surface area contributed by atoms with E-state index >= 15 is 0 Å². The highest BCUT2D eigenvalue weighted by atomic mass is 19.4. The summed E-state index contributed by atoms with van der Waals surface area (Å²) in [4.78, 5) is 27.4. The Morgan fingerprint density at radius 1 is 1.05 bits per heavy atom. The first kappa shape index (κ1) is 27.6. The molecule has 2 aromatic carbocycles. The molecule has 0 radical (unpaired) electrons. The lowest BCUT2D eigenvalue weighted by molar-refractivity contribution is -0.137. The second kappa shape index (κ2) is 10.6. The van der Waals surface area contributed by atoms with Crippen LogP contribution < -0.4 is 25.7 Å². The van der Waals surface area contributed by atoms with E-state index in [0.29, 0.717) is 66.2 Å². The Kier molecular flexibility index (Phi) is 7.29. The summed E-state index contributed by atoms with van der Waals surface area (Å²) in [6.45, 7) is 2.83. The number of pyridine rings is 1. The molecule has 2 atom stereocenters. The van der Waals surface area contributed by atoms with Gasteiger partial charge in [-0.3, -0.25) is 14.2 Å². The number of fused-ring (bicyclic) bond motifs is 1. The predicted molar refractivity (Wildman–Crippen MR) is 146 cm³/mol. The molecule has 1 fully saturated rings. The van der Waals surface area contributed by atoms with Crippen molar-refractivity contribution < 1.29 is 27.4 Å². The van der Waals surface area contributed by atoms with E-state index in [1.165, 1.54) is 32.5 Å². The number of nitrogens with two attached hydrogens (primary N) is 1. The van der Waals surface area contributed by atoms with Gasteiger partial charge in [-0.25, -0.2) is 0 Å². The SMILES string of the molecule is COc1cc(OC)cc(-c2cn(-c3cc(N4CCC(C(C)C(N)=O)C4)ccc3C(F)(F)F)c(=O)c3c2CCC3)c1. The van der Waals surface area contributed by atoms with E-state index in [2.05, 4.69) is 0 Å². The number of alkyl halides is 3. The molecule has 1 aliphatic carbocycles. The van der Waals surface area contributed by atoms with Gasteiger partial charge in [0.2, 0.25) is 5.91 Å². The van der Waals surface area contributed by atoms with Crippen LogP contribution in [0.5, 0.6) is 11.5 Å². The van der Waals surface area contributed by atoms with Crippen molar-refractivity contribution >= 4 is 11.6 Å². The summed E-state index contributed by atoms with van der Waals surface area (Å²) in [5, 5.41) is 0. The number of halogens is 3. The molecule has 5 rings (SSSR count). The van der Waals surface area contributed by atoms with E-state index in [0.717, 1.165) is 22.6 Å². The van der Waals surface area contributed by atoms with Crippen molar-refractivity contribution in [2.24, 2.45) is 17.6 Å². The first-order valence-electron chi connectivity index (χ1n) is 13.3. The Balaban J connectivity index is 1.68. The predicted octanol–water partition coefficient (Wildman–Crippen LogP) is 4.98. The maximum atomic E-state index is 14.3. The minimum absolute atomic E-state index is 0.000559. The lowest BCUT2D eigenvalue weighted by atomic mass is 9.93. The van der Waals surface area contributed by atoms with Crippen LogP contribution >= 0.6 is 0 Å². The van der Waals surface area contributed by atoms with Gasteiger partial charge in [0, 0.05) is 48.1 Å². The van der Waals surface area contributed by atoms with E-state index in [4.69, 9.17) is 15.2 Å². The number of ether oxygens (including phenoxy) is 2. The van der Waals surface area contributed by atoms with Crippen LogP contribution in [0.1, 0.15) is 36.5 Å². The third-order valence-corrected chi connectivity index (χ3v) is 8.23. The first-order valence-corrected chi connectivity index (χ1v) is 13.3. The number of carbonyl (C=O) groups excluding carboxylic acids is 1. The molecule has 1 aliphatic heterocycles. The second-order valence-corrected chi connectivity index (χ2v) is 10.5.